The molecule has 0 saturated heterocycles. The summed E-state index contributed by atoms with van der Waals surface area (Å²) in [6, 6.07) is 5.81. The Hall–Kier alpha value is -0.210. The van der Waals surface area contributed by atoms with Crippen LogP contribution in [0.15, 0.2) is 22.7 Å². The van der Waals surface area contributed by atoms with Crippen molar-refractivity contribution >= 4 is 27.5 Å². The van der Waals surface area contributed by atoms with Gasteiger partial charge in [0.2, 0.25) is 0 Å². The van der Waals surface area contributed by atoms with Crippen molar-refractivity contribution in [3.8, 4) is 5.75 Å². The average Bonchev–Trinajstić information content (AvgIpc) is 2.09. The van der Waals surface area contributed by atoms with Crippen LogP contribution in [0.25, 0.3) is 0 Å². The van der Waals surface area contributed by atoms with Gasteiger partial charge in [-0.05, 0) is 30.7 Å². The van der Waals surface area contributed by atoms with Crippen LogP contribution in [-0.2, 0) is 5.88 Å². The summed E-state index contributed by atoms with van der Waals surface area (Å²) < 4.78 is 6.35. The molecule has 0 aliphatic rings. The van der Waals surface area contributed by atoms with Crippen LogP contribution in [0.4, 0.5) is 0 Å². The Balaban J connectivity index is 2.89. The Kier molecular flexibility index (Phi) is 3.89. The van der Waals surface area contributed by atoms with Crippen molar-refractivity contribution in [3.05, 3.63) is 28.2 Å². The van der Waals surface area contributed by atoms with Crippen LogP contribution in [0.2, 0.25) is 0 Å². The van der Waals surface area contributed by atoms with Gasteiger partial charge in [0, 0.05) is 10.4 Å². The maximum absolute atomic E-state index is 5.72. The SMILES string of the molecule is CCOc1ccc(Br)c(CCl)c1. The lowest BCUT2D eigenvalue weighted by Gasteiger charge is -2.05. The highest BCUT2D eigenvalue weighted by Crippen LogP contribution is 2.23. The number of rotatable bonds is 3. The molecule has 0 atom stereocenters. The molecule has 1 nitrogen and oxygen atoms in total. The smallest absolute Gasteiger partial charge is 0.119 e. The van der Waals surface area contributed by atoms with E-state index in [2.05, 4.69) is 15.9 Å². The molecule has 0 aromatic heterocycles. The minimum Gasteiger partial charge on any atom is -0.494 e. The first-order chi connectivity index (χ1) is 5.77. The van der Waals surface area contributed by atoms with E-state index in [1.54, 1.807) is 0 Å². The zero-order valence-electron chi connectivity index (χ0n) is 6.81. The molecule has 0 amide bonds. The van der Waals surface area contributed by atoms with E-state index in [0.29, 0.717) is 12.5 Å². The summed E-state index contributed by atoms with van der Waals surface area (Å²) in [5.41, 5.74) is 1.06. The highest BCUT2D eigenvalue weighted by Gasteiger charge is 2.00. The van der Waals surface area contributed by atoms with Crippen LogP contribution in [-0.4, -0.2) is 6.61 Å². The molecule has 0 N–H and O–H groups in total. The largest absolute Gasteiger partial charge is 0.494 e. The molecular weight excluding hydrogens is 239 g/mol. The summed E-state index contributed by atoms with van der Waals surface area (Å²) in [4.78, 5) is 0. The van der Waals surface area contributed by atoms with E-state index in [-0.39, 0.29) is 0 Å². The van der Waals surface area contributed by atoms with E-state index < -0.39 is 0 Å². The molecule has 0 aliphatic heterocycles. The van der Waals surface area contributed by atoms with Gasteiger partial charge in [-0.1, -0.05) is 15.9 Å². The van der Waals surface area contributed by atoms with Crippen molar-refractivity contribution in [2.75, 3.05) is 6.61 Å². The van der Waals surface area contributed by atoms with E-state index in [1.807, 2.05) is 25.1 Å². The lowest BCUT2D eigenvalue weighted by molar-refractivity contribution is 0.340. The molecular formula is C9H10BrClO. The predicted molar refractivity (Wildman–Crippen MR) is 54.9 cm³/mol. The third kappa shape index (κ3) is 2.39. The second kappa shape index (κ2) is 4.73. The molecule has 3 heteroatoms. The van der Waals surface area contributed by atoms with Crippen LogP contribution in [0.3, 0.4) is 0 Å². The molecule has 0 unspecified atom stereocenters. The van der Waals surface area contributed by atoms with E-state index in [0.717, 1.165) is 15.8 Å². The van der Waals surface area contributed by atoms with Gasteiger partial charge in [0.1, 0.15) is 5.75 Å². The van der Waals surface area contributed by atoms with E-state index in [4.69, 9.17) is 16.3 Å². The van der Waals surface area contributed by atoms with Crippen molar-refractivity contribution in [3.63, 3.8) is 0 Å². The lowest BCUT2D eigenvalue weighted by atomic mass is 10.2. The highest BCUT2D eigenvalue weighted by molar-refractivity contribution is 9.10. The lowest BCUT2D eigenvalue weighted by Crippen LogP contribution is -1.92. The topological polar surface area (TPSA) is 9.23 Å². The van der Waals surface area contributed by atoms with E-state index in [9.17, 15) is 0 Å². The first kappa shape index (κ1) is 9.87. The first-order valence-corrected chi connectivity index (χ1v) is 5.08. The third-order valence-electron chi connectivity index (χ3n) is 1.47. The Bertz CT molecular complexity index is 263. The molecule has 1 aromatic carbocycles. The van der Waals surface area contributed by atoms with E-state index >= 15 is 0 Å². The summed E-state index contributed by atoms with van der Waals surface area (Å²) in [7, 11) is 0. The molecule has 0 radical (unpaired) electrons. The van der Waals surface area contributed by atoms with Crippen LogP contribution in [0, 0.1) is 0 Å². The monoisotopic (exact) mass is 248 g/mol. The second-order valence-electron chi connectivity index (χ2n) is 2.32. The zero-order valence-corrected chi connectivity index (χ0v) is 9.15. The first-order valence-electron chi connectivity index (χ1n) is 3.75. The standard InChI is InChI=1S/C9H10BrClO/c1-2-12-8-3-4-9(10)7(5-8)6-11/h3-5H,2,6H2,1H3. The van der Waals surface area contributed by atoms with Crippen molar-refractivity contribution in [1.29, 1.82) is 0 Å². The maximum atomic E-state index is 5.72. The molecule has 12 heavy (non-hydrogen) atoms. The fourth-order valence-corrected chi connectivity index (χ4v) is 1.68. The van der Waals surface area contributed by atoms with Gasteiger partial charge in [-0.3, -0.25) is 0 Å². The molecule has 0 spiro atoms. The van der Waals surface area contributed by atoms with Crippen LogP contribution in [0.5, 0.6) is 5.75 Å². The second-order valence-corrected chi connectivity index (χ2v) is 3.44. The fraction of sp³-hybridized carbons (Fsp3) is 0.333. The maximum Gasteiger partial charge on any atom is 0.119 e. The zero-order chi connectivity index (χ0) is 8.97. The summed E-state index contributed by atoms with van der Waals surface area (Å²) in [5.74, 6) is 1.37. The summed E-state index contributed by atoms with van der Waals surface area (Å²) in [6.07, 6.45) is 0. The van der Waals surface area contributed by atoms with Gasteiger partial charge < -0.3 is 4.74 Å². The van der Waals surface area contributed by atoms with Gasteiger partial charge in [-0.25, -0.2) is 0 Å². The number of alkyl halides is 1. The summed E-state index contributed by atoms with van der Waals surface area (Å²) >= 11 is 9.12. The number of ether oxygens (including phenoxy) is 1. The van der Waals surface area contributed by atoms with Gasteiger partial charge in [0.25, 0.3) is 0 Å². The van der Waals surface area contributed by atoms with Gasteiger partial charge >= 0.3 is 0 Å². The fourth-order valence-electron chi connectivity index (χ4n) is 0.910. The quantitative estimate of drug-likeness (QED) is 0.744. The summed E-state index contributed by atoms with van der Waals surface area (Å²) in [6.45, 7) is 2.64. The van der Waals surface area contributed by atoms with Gasteiger partial charge in [-0.2, -0.15) is 0 Å². The van der Waals surface area contributed by atoms with Crippen molar-refractivity contribution in [1.82, 2.24) is 0 Å². The number of benzene rings is 1. The minimum absolute atomic E-state index is 0.501. The molecule has 0 bridgehead atoms. The molecule has 66 valence electrons. The van der Waals surface area contributed by atoms with Crippen LogP contribution in [0.1, 0.15) is 12.5 Å². The number of hydrogen-bond acceptors (Lipinski definition) is 1. The minimum atomic E-state index is 0.501. The third-order valence-corrected chi connectivity index (χ3v) is 2.53. The van der Waals surface area contributed by atoms with Crippen LogP contribution < -0.4 is 4.74 Å². The predicted octanol–water partition coefficient (Wildman–Crippen LogP) is 3.59. The van der Waals surface area contributed by atoms with E-state index in [1.165, 1.54) is 0 Å². The normalized spacial score (nSPS) is 9.92. The molecule has 1 aromatic rings. The molecule has 1 rings (SSSR count). The molecule has 0 heterocycles. The molecule has 0 saturated carbocycles. The Labute approximate surface area is 85.8 Å². The molecule has 0 fully saturated rings. The Morgan fingerprint density at radius 3 is 2.83 bits per heavy atom. The highest BCUT2D eigenvalue weighted by atomic mass is 79.9. The Morgan fingerprint density at radius 1 is 1.50 bits per heavy atom. The van der Waals surface area contributed by atoms with Gasteiger partial charge in [0.05, 0.1) is 6.61 Å². The van der Waals surface area contributed by atoms with Gasteiger partial charge in [0.15, 0.2) is 0 Å². The van der Waals surface area contributed by atoms with Crippen molar-refractivity contribution in [2.45, 2.75) is 12.8 Å². The molecule has 0 aliphatic carbocycles. The number of hydrogen-bond donors (Lipinski definition) is 0. The van der Waals surface area contributed by atoms with Crippen LogP contribution >= 0.6 is 27.5 Å². The van der Waals surface area contributed by atoms with Gasteiger partial charge in [-0.15, -0.1) is 11.6 Å². The average molecular weight is 250 g/mol. The number of halogens is 2. The Morgan fingerprint density at radius 2 is 2.25 bits per heavy atom. The van der Waals surface area contributed by atoms with Crippen molar-refractivity contribution < 1.29 is 4.74 Å². The van der Waals surface area contributed by atoms with Crippen molar-refractivity contribution in [2.24, 2.45) is 0 Å². The summed E-state index contributed by atoms with van der Waals surface area (Å²) in [5, 5.41) is 0.